The average Bonchev–Trinajstić information content (AvgIpc) is 2.37. The third-order valence-corrected chi connectivity index (χ3v) is 3.62. The molecule has 1 aliphatic rings. The molecule has 5 nitrogen and oxygen atoms in total. The van der Waals surface area contributed by atoms with Gasteiger partial charge in [0.05, 0.1) is 0 Å². The largest absolute Gasteiger partial charge is 0.444 e. The van der Waals surface area contributed by atoms with Gasteiger partial charge in [-0.2, -0.15) is 0 Å². The molecule has 0 aromatic rings. The van der Waals surface area contributed by atoms with Crippen LogP contribution in [0.4, 0.5) is 4.79 Å². The normalized spacial score (nSPS) is 18.2. The van der Waals surface area contributed by atoms with Gasteiger partial charge < -0.3 is 10.1 Å². The number of carbonyl (C=O) groups is 2. The third-order valence-electron chi connectivity index (χ3n) is 3.62. The summed E-state index contributed by atoms with van der Waals surface area (Å²) in [5, 5.41) is 2.61. The Kier molecular flexibility index (Phi) is 5.84. The molecule has 1 atom stereocenters. The first-order valence-corrected chi connectivity index (χ1v) is 7.49. The molecule has 0 unspecified atom stereocenters. The Bertz CT molecular complexity index is 344. The van der Waals surface area contributed by atoms with E-state index in [1.807, 2.05) is 20.8 Å². The molecule has 5 heteroatoms. The summed E-state index contributed by atoms with van der Waals surface area (Å²) in [4.78, 5) is 26.0. The molecule has 0 bridgehead atoms. The second kappa shape index (κ2) is 6.95. The van der Waals surface area contributed by atoms with Crippen LogP contribution in [0.15, 0.2) is 0 Å². The summed E-state index contributed by atoms with van der Waals surface area (Å²) in [6, 6.07) is -0.399. The minimum atomic E-state index is -0.549. The van der Waals surface area contributed by atoms with Crippen molar-refractivity contribution in [3.8, 4) is 0 Å². The molecule has 1 N–H and O–H groups in total. The summed E-state index contributed by atoms with van der Waals surface area (Å²) in [5.74, 6) is -0.151. The Morgan fingerprint density at radius 1 is 1.20 bits per heavy atom. The van der Waals surface area contributed by atoms with Crippen LogP contribution in [0.25, 0.3) is 0 Å². The molecule has 1 aliphatic carbocycles. The Labute approximate surface area is 122 Å². The molecule has 0 aromatic heterocycles. The Balaban J connectivity index is 2.87. The van der Waals surface area contributed by atoms with Crippen LogP contribution >= 0.6 is 0 Å². The summed E-state index contributed by atoms with van der Waals surface area (Å²) in [6.45, 7) is 7.29. The maximum Gasteiger partial charge on any atom is 0.411 e. The lowest BCUT2D eigenvalue weighted by molar-refractivity contribution is -0.126. The van der Waals surface area contributed by atoms with Gasteiger partial charge in [-0.1, -0.05) is 19.3 Å². The topological polar surface area (TPSA) is 58.6 Å². The van der Waals surface area contributed by atoms with Crippen molar-refractivity contribution >= 4 is 12.0 Å². The first-order chi connectivity index (χ1) is 9.26. The number of amides is 2. The molecule has 1 rings (SSSR count). The van der Waals surface area contributed by atoms with Gasteiger partial charge in [0.1, 0.15) is 11.6 Å². The number of rotatable bonds is 3. The highest BCUT2D eigenvalue weighted by atomic mass is 16.6. The van der Waals surface area contributed by atoms with Gasteiger partial charge in [0.25, 0.3) is 0 Å². The zero-order valence-corrected chi connectivity index (χ0v) is 13.4. The van der Waals surface area contributed by atoms with Gasteiger partial charge in [0, 0.05) is 13.1 Å². The van der Waals surface area contributed by atoms with E-state index >= 15 is 0 Å². The van der Waals surface area contributed by atoms with Gasteiger partial charge in [0.2, 0.25) is 5.91 Å². The van der Waals surface area contributed by atoms with Gasteiger partial charge >= 0.3 is 6.09 Å². The number of nitrogens with zero attached hydrogens (tertiary/aromatic N) is 1. The number of hydrogen-bond donors (Lipinski definition) is 1. The van der Waals surface area contributed by atoms with Crippen LogP contribution in [-0.4, -0.2) is 41.6 Å². The SMILES string of the molecule is CNC(=O)[C@H](C)N(C(=O)OC(C)(C)C)C1CCCCC1. The van der Waals surface area contributed by atoms with Crippen LogP contribution in [0.2, 0.25) is 0 Å². The van der Waals surface area contributed by atoms with E-state index in [0.29, 0.717) is 0 Å². The molecule has 0 spiro atoms. The van der Waals surface area contributed by atoms with Crippen molar-refractivity contribution in [2.24, 2.45) is 0 Å². The molecule has 1 saturated carbocycles. The standard InChI is InChI=1S/C15H28N2O3/c1-11(13(18)16-5)17(12-9-7-6-8-10-12)14(19)20-15(2,3)4/h11-12H,6-10H2,1-5H3,(H,16,18)/t11-/m0/s1. The van der Waals surface area contributed by atoms with Gasteiger partial charge in [-0.3, -0.25) is 9.69 Å². The molecular weight excluding hydrogens is 256 g/mol. The number of likely N-dealkylation sites (N-methyl/N-ethyl adjacent to an activating group) is 1. The number of carbonyl (C=O) groups excluding carboxylic acids is 2. The predicted octanol–water partition coefficient (Wildman–Crippen LogP) is 2.69. The van der Waals surface area contributed by atoms with Crippen molar-refractivity contribution in [2.75, 3.05) is 7.05 Å². The van der Waals surface area contributed by atoms with E-state index in [1.54, 1.807) is 18.9 Å². The lowest BCUT2D eigenvalue weighted by Crippen LogP contribution is -2.53. The minimum absolute atomic E-state index is 0.103. The van der Waals surface area contributed by atoms with E-state index < -0.39 is 11.6 Å². The van der Waals surface area contributed by atoms with E-state index in [9.17, 15) is 9.59 Å². The Morgan fingerprint density at radius 3 is 2.20 bits per heavy atom. The number of hydrogen-bond acceptors (Lipinski definition) is 3. The second-order valence-electron chi connectivity index (χ2n) is 6.47. The molecule has 1 fully saturated rings. The monoisotopic (exact) mass is 284 g/mol. The summed E-state index contributed by atoms with van der Waals surface area (Å²) in [6.07, 6.45) is 4.91. The van der Waals surface area contributed by atoms with Crippen molar-refractivity contribution in [3.63, 3.8) is 0 Å². The number of nitrogens with one attached hydrogen (secondary N) is 1. The van der Waals surface area contributed by atoms with Crippen LogP contribution in [0, 0.1) is 0 Å². The molecule has 0 aromatic carbocycles. The fraction of sp³-hybridized carbons (Fsp3) is 0.867. The van der Waals surface area contributed by atoms with Crippen molar-refractivity contribution in [2.45, 2.75) is 77.5 Å². The van der Waals surface area contributed by atoms with Crippen molar-refractivity contribution in [3.05, 3.63) is 0 Å². The van der Waals surface area contributed by atoms with Crippen LogP contribution in [0.1, 0.15) is 59.8 Å². The zero-order valence-electron chi connectivity index (χ0n) is 13.4. The molecule has 0 heterocycles. The fourth-order valence-electron chi connectivity index (χ4n) is 2.63. The average molecular weight is 284 g/mol. The van der Waals surface area contributed by atoms with E-state index in [1.165, 1.54) is 6.42 Å². The van der Waals surface area contributed by atoms with Crippen molar-refractivity contribution < 1.29 is 14.3 Å². The zero-order chi connectivity index (χ0) is 15.3. The van der Waals surface area contributed by atoms with E-state index in [4.69, 9.17) is 4.74 Å². The maximum atomic E-state index is 12.4. The molecule has 0 saturated heterocycles. The molecule has 20 heavy (non-hydrogen) atoms. The smallest absolute Gasteiger partial charge is 0.411 e. The molecule has 0 aliphatic heterocycles. The highest BCUT2D eigenvalue weighted by molar-refractivity contribution is 5.85. The quantitative estimate of drug-likeness (QED) is 0.867. The van der Waals surface area contributed by atoms with E-state index in [0.717, 1.165) is 25.7 Å². The maximum absolute atomic E-state index is 12.4. The summed E-state index contributed by atoms with van der Waals surface area (Å²) >= 11 is 0. The second-order valence-corrected chi connectivity index (χ2v) is 6.47. The first kappa shape index (κ1) is 16.8. The first-order valence-electron chi connectivity index (χ1n) is 7.49. The molecule has 0 radical (unpaired) electrons. The molecule has 2 amide bonds. The number of ether oxygens (including phenoxy) is 1. The minimum Gasteiger partial charge on any atom is -0.444 e. The highest BCUT2D eigenvalue weighted by Gasteiger charge is 2.35. The van der Waals surface area contributed by atoms with Crippen LogP contribution in [-0.2, 0) is 9.53 Å². The summed E-state index contributed by atoms with van der Waals surface area (Å²) < 4.78 is 5.48. The van der Waals surface area contributed by atoms with Gasteiger partial charge in [-0.25, -0.2) is 4.79 Å². The van der Waals surface area contributed by atoms with E-state index in [-0.39, 0.29) is 18.0 Å². The van der Waals surface area contributed by atoms with Crippen LogP contribution < -0.4 is 5.32 Å². The van der Waals surface area contributed by atoms with E-state index in [2.05, 4.69) is 5.32 Å². The lowest BCUT2D eigenvalue weighted by atomic mass is 9.93. The van der Waals surface area contributed by atoms with Crippen molar-refractivity contribution in [1.29, 1.82) is 0 Å². The summed E-state index contributed by atoms with van der Waals surface area (Å²) in [5.41, 5.74) is -0.549. The Hall–Kier alpha value is -1.26. The fourth-order valence-corrected chi connectivity index (χ4v) is 2.63. The molecular formula is C15H28N2O3. The lowest BCUT2D eigenvalue weighted by Gasteiger charge is -2.38. The van der Waals surface area contributed by atoms with Crippen molar-refractivity contribution in [1.82, 2.24) is 10.2 Å². The van der Waals surface area contributed by atoms with Gasteiger partial charge in [-0.15, -0.1) is 0 Å². The van der Waals surface area contributed by atoms with Gasteiger partial charge in [-0.05, 0) is 40.5 Å². The van der Waals surface area contributed by atoms with Crippen LogP contribution in [0.5, 0.6) is 0 Å². The van der Waals surface area contributed by atoms with Crippen LogP contribution in [0.3, 0.4) is 0 Å². The van der Waals surface area contributed by atoms with Gasteiger partial charge in [0.15, 0.2) is 0 Å². The molecule has 116 valence electrons. The highest BCUT2D eigenvalue weighted by Crippen LogP contribution is 2.26. The Morgan fingerprint density at radius 2 is 1.75 bits per heavy atom. The summed E-state index contributed by atoms with van der Waals surface area (Å²) in [7, 11) is 1.59. The predicted molar refractivity (Wildman–Crippen MR) is 78.5 cm³/mol. The third kappa shape index (κ3) is 4.69.